The number of pyridine rings is 1. The summed E-state index contributed by atoms with van der Waals surface area (Å²) in [5.41, 5.74) is 1.53. The van der Waals surface area contributed by atoms with E-state index in [9.17, 15) is 9.59 Å². The molecule has 1 aliphatic carbocycles. The van der Waals surface area contributed by atoms with Crippen molar-refractivity contribution in [1.82, 2.24) is 14.8 Å². The summed E-state index contributed by atoms with van der Waals surface area (Å²) in [6.45, 7) is 4.43. The number of aryl methyl sites for hydroxylation is 1. The van der Waals surface area contributed by atoms with Gasteiger partial charge in [-0.15, -0.1) is 0 Å². The first-order valence-corrected chi connectivity index (χ1v) is 9.63. The fourth-order valence-corrected chi connectivity index (χ4v) is 3.90. The first-order valence-electron chi connectivity index (χ1n) is 9.63. The van der Waals surface area contributed by atoms with Gasteiger partial charge in [0.15, 0.2) is 0 Å². The molecule has 0 radical (unpaired) electrons. The van der Waals surface area contributed by atoms with Crippen LogP contribution in [0.15, 0.2) is 18.3 Å². The molecule has 1 aliphatic heterocycles. The summed E-state index contributed by atoms with van der Waals surface area (Å²) in [6.07, 6.45) is 9.94. The van der Waals surface area contributed by atoms with Crippen molar-refractivity contribution in [2.24, 2.45) is 5.92 Å². The molecular formula is C20H29N3O2. The summed E-state index contributed by atoms with van der Waals surface area (Å²) in [6, 6.07) is 3.69. The van der Waals surface area contributed by atoms with Gasteiger partial charge in [-0.25, -0.2) is 0 Å². The molecule has 0 N–H and O–H groups in total. The van der Waals surface area contributed by atoms with Gasteiger partial charge in [-0.1, -0.05) is 32.1 Å². The van der Waals surface area contributed by atoms with Crippen molar-refractivity contribution in [3.05, 3.63) is 29.6 Å². The van der Waals surface area contributed by atoms with Gasteiger partial charge in [0.1, 0.15) is 0 Å². The van der Waals surface area contributed by atoms with Gasteiger partial charge in [-0.05, 0) is 31.4 Å². The average molecular weight is 343 g/mol. The van der Waals surface area contributed by atoms with E-state index in [-0.39, 0.29) is 11.8 Å². The number of carbonyl (C=O) groups is 2. The van der Waals surface area contributed by atoms with E-state index in [2.05, 4.69) is 4.98 Å². The maximum Gasteiger partial charge on any atom is 0.255 e. The van der Waals surface area contributed by atoms with Crippen LogP contribution in [-0.2, 0) is 4.79 Å². The highest BCUT2D eigenvalue weighted by Gasteiger charge is 2.25. The number of aromatic nitrogens is 1. The molecule has 136 valence electrons. The summed E-state index contributed by atoms with van der Waals surface area (Å²) in [5.74, 6) is 1.02. The first-order chi connectivity index (χ1) is 12.1. The second-order valence-electron chi connectivity index (χ2n) is 7.40. The van der Waals surface area contributed by atoms with Gasteiger partial charge >= 0.3 is 0 Å². The van der Waals surface area contributed by atoms with Gasteiger partial charge in [-0.2, -0.15) is 0 Å². The van der Waals surface area contributed by atoms with Crippen LogP contribution in [0.3, 0.4) is 0 Å². The van der Waals surface area contributed by atoms with E-state index >= 15 is 0 Å². The molecule has 0 aromatic carbocycles. The molecule has 0 spiro atoms. The predicted molar refractivity (Wildman–Crippen MR) is 97.3 cm³/mol. The quantitative estimate of drug-likeness (QED) is 0.844. The molecule has 5 heteroatoms. The fraction of sp³-hybridized carbons (Fsp3) is 0.650. The third-order valence-electron chi connectivity index (χ3n) is 5.57. The number of hydrogen-bond acceptors (Lipinski definition) is 3. The van der Waals surface area contributed by atoms with E-state index < -0.39 is 0 Å². The highest BCUT2D eigenvalue weighted by Crippen LogP contribution is 2.27. The lowest BCUT2D eigenvalue weighted by atomic mass is 9.86. The number of amides is 2. The molecule has 1 saturated heterocycles. The first kappa shape index (κ1) is 17.9. The summed E-state index contributed by atoms with van der Waals surface area (Å²) >= 11 is 0. The van der Waals surface area contributed by atoms with Gasteiger partial charge in [0.05, 0.1) is 5.56 Å². The lowest BCUT2D eigenvalue weighted by molar-refractivity contribution is -0.133. The minimum atomic E-state index is 0.0156. The highest BCUT2D eigenvalue weighted by atomic mass is 16.2. The zero-order valence-corrected chi connectivity index (χ0v) is 15.2. The van der Waals surface area contributed by atoms with Crippen LogP contribution >= 0.6 is 0 Å². The Morgan fingerprint density at radius 1 is 1.04 bits per heavy atom. The minimum absolute atomic E-state index is 0.0156. The van der Waals surface area contributed by atoms with Crippen molar-refractivity contribution >= 4 is 11.8 Å². The molecule has 5 nitrogen and oxygen atoms in total. The number of hydrogen-bond donors (Lipinski definition) is 0. The summed E-state index contributed by atoms with van der Waals surface area (Å²) in [4.78, 5) is 32.9. The van der Waals surface area contributed by atoms with E-state index in [0.717, 1.165) is 18.0 Å². The van der Waals surface area contributed by atoms with Crippen molar-refractivity contribution in [3.63, 3.8) is 0 Å². The summed E-state index contributed by atoms with van der Waals surface area (Å²) in [5, 5.41) is 0. The molecule has 25 heavy (non-hydrogen) atoms. The Balaban J connectivity index is 1.43. The van der Waals surface area contributed by atoms with Crippen LogP contribution in [0, 0.1) is 12.8 Å². The maximum absolute atomic E-state index is 12.5. The Morgan fingerprint density at radius 3 is 2.36 bits per heavy atom. The molecule has 0 unspecified atom stereocenters. The van der Waals surface area contributed by atoms with E-state index in [1.165, 1.54) is 32.1 Å². The highest BCUT2D eigenvalue weighted by molar-refractivity contribution is 5.94. The molecule has 1 aromatic rings. The molecule has 2 heterocycles. The monoisotopic (exact) mass is 343 g/mol. The van der Waals surface area contributed by atoms with Crippen LogP contribution in [0.1, 0.15) is 61.0 Å². The molecule has 2 amide bonds. The van der Waals surface area contributed by atoms with Crippen LogP contribution in [0.5, 0.6) is 0 Å². The molecular weight excluding hydrogens is 314 g/mol. The third-order valence-corrected chi connectivity index (χ3v) is 5.57. The molecule has 1 saturated carbocycles. The smallest absolute Gasteiger partial charge is 0.255 e. The van der Waals surface area contributed by atoms with Gasteiger partial charge in [-0.3, -0.25) is 14.6 Å². The Kier molecular flexibility index (Phi) is 6.05. The van der Waals surface area contributed by atoms with Crippen LogP contribution in [-0.4, -0.2) is 52.8 Å². The lowest BCUT2D eigenvalue weighted by Gasteiger charge is -2.35. The van der Waals surface area contributed by atoms with E-state index in [4.69, 9.17) is 0 Å². The Morgan fingerprint density at radius 2 is 1.72 bits per heavy atom. The van der Waals surface area contributed by atoms with Gasteiger partial charge in [0.25, 0.3) is 5.91 Å². The van der Waals surface area contributed by atoms with Gasteiger partial charge in [0.2, 0.25) is 5.91 Å². The predicted octanol–water partition coefficient (Wildman–Crippen LogP) is 3.03. The normalized spacial score (nSPS) is 19.1. The average Bonchev–Trinajstić information content (AvgIpc) is 2.67. The molecule has 0 bridgehead atoms. The number of piperazine rings is 1. The molecule has 3 rings (SSSR count). The third kappa shape index (κ3) is 4.80. The Labute approximate surface area is 150 Å². The summed E-state index contributed by atoms with van der Waals surface area (Å²) < 4.78 is 0. The van der Waals surface area contributed by atoms with Crippen LogP contribution in [0.25, 0.3) is 0 Å². The standard InChI is InChI=1S/C20H29N3O2/c1-16-7-9-18(15-21-16)20(25)23-13-11-22(12-14-23)19(24)10-8-17-5-3-2-4-6-17/h7,9,15,17H,2-6,8,10-14H2,1H3. The van der Waals surface area contributed by atoms with Crippen molar-refractivity contribution < 1.29 is 9.59 Å². The molecule has 1 aromatic heterocycles. The second-order valence-corrected chi connectivity index (χ2v) is 7.40. The lowest BCUT2D eigenvalue weighted by Crippen LogP contribution is -2.50. The summed E-state index contributed by atoms with van der Waals surface area (Å²) in [7, 11) is 0. The molecule has 2 fully saturated rings. The SMILES string of the molecule is Cc1ccc(C(=O)N2CCN(C(=O)CCC3CCCCC3)CC2)cn1. The Bertz CT molecular complexity index is 585. The van der Waals surface area contributed by atoms with Crippen molar-refractivity contribution in [3.8, 4) is 0 Å². The molecule has 2 aliphatic rings. The minimum Gasteiger partial charge on any atom is -0.339 e. The topological polar surface area (TPSA) is 53.5 Å². The van der Waals surface area contributed by atoms with Crippen LogP contribution < -0.4 is 0 Å². The fourth-order valence-electron chi connectivity index (χ4n) is 3.90. The van der Waals surface area contributed by atoms with Crippen LogP contribution in [0.2, 0.25) is 0 Å². The zero-order valence-electron chi connectivity index (χ0n) is 15.2. The maximum atomic E-state index is 12.5. The van der Waals surface area contributed by atoms with Gasteiger partial charge in [0, 0.05) is 44.5 Å². The van der Waals surface area contributed by atoms with E-state index in [1.807, 2.05) is 28.9 Å². The van der Waals surface area contributed by atoms with E-state index in [0.29, 0.717) is 38.2 Å². The van der Waals surface area contributed by atoms with Crippen molar-refractivity contribution in [2.75, 3.05) is 26.2 Å². The Hall–Kier alpha value is -1.91. The number of carbonyl (C=O) groups excluding carboxylic acids is 2. The van der Waals surface area contributed by atoms with Crippen LogP contribution in [0.4, 0.5) is 0 Å². The number of nitrogens with zero attached hydrogens (tertiary/aromatic N) is 3. The largest absolute Gasteiger partial charge is 0.339 e. The van der Waals surface area contributed by atoms with Gasteiger partial charge < -0.3 is 9.80 Å². The second kappa shape index (κ2) is 8.45. The van der Waals surface area contributed by atoms with Crippen molar-refractivity contribution in [2.45, 2.75) is 51.9 Å². The zero-order chi connectivity index (χ0) is 17.6. The molecule has 0 atom stereocenters. The van der Waals surface area contributed by atoms with Crippen molar-refractivity contribution in [1.29, 1.82) is 0 Å². The van der Waals surface area contributed by atoms with E-state index in [1.54, 1.807) is 6.20 Å². The number of rotatable bonds is 4.